The lowest BCUT2D eigenvalue weighted by Gasteiger charge is -2.33. The van der Waals surface area contributed by atoms with Crippen LogP contribution < -0.4 is 10.6 Å². The first-order chi connectivity index (χ1) is 12.0. The molecule has 2 aromatic rings. The molecule has 2 N–H and O–H groups in total. The van der Waals surface area contributed by atoms with Crippen LogP contribution in [0.4, 0.5) is 24.0 Å². The van der Waals surface area contributed by atoms with Crippen LogP contribution in [0.1, 0.15) is 6.92 Å². The number of thiazole rings is 1. The number of nitro benzene ring substituents is 1. The zero-order valence-corrected chi connectivity index (χ0v) is 14.0. The molecule has 0 bridgehead atoms. The van der Waals surface area contributed by atoms with E-state index in [1.54, 1.807) is 0 Å². The standard InChI is InChI=1S/C13H11F3N4O5S/c1-6(21)18-12(10(22)25-2,13(14,15)16)19-11-17-8-4-3-7(20(23)24)5-9(8)26-11/h3-5H,1-2H3,(H,17,19)(H,18,21)/t12-/m0/s1. The number of fused-ring (bicyclic) bond motifs is 1. The van der Waals surface area contributed by atoms with Crippen LogP contribution in [0.15, 0.2) is 18.2 Å². The molecule has 9 nitrogen and oxygen atoms in total. The van der Waals surface area contributed by atoms with Crippen molar-refractivity contribution in [2.24, 2.45) is 0 Å². The lowest BCUT2D eigenvalue weighted by atomic mass is 10.1. The van der Waals surface area contributed by atoms with Gasteiger partial charge in [0, 0.05) is 19.1 Å². The van der Waals surface area contributed by atoms with Crippen LogP contribution in [0.2, 0.25) is 0 Å². The number of anilines is 1. The number of carbonyl (C=O) groups is 2. The van der Waals surface area contributed by atoms with Gasteiger partial charge >= 0.3 is 17.8 Å². The Morgan fingerprint density at radius 1 is 1.35 bits per heavy atom. The first-order valence-corrected chi connectivity index (χ1v) is 7.59. The van der Waals surface area contributed by atoms with E-state index in [9.17, 15) is 32.9 Å². The van der Waals surface area contributed by atoms with Gasteiger partial charge in [-0.1, -0.05) is 11.3 Å². The minimum absolute atomic E-state index is 0.173. The summed E-state index contributed by atoms with van der Waals surface area (Å²) in [7, 11) is 0.730. The number of hydrogen-bond acceptors (Lipinski definition) is 8. The number of carbonyl (C=O) groups excluding carboxylic acids is 2. The molecule has 1 amide bonds. The number of amides is 1. The summed E-state index contributed by atoms with van der Waals surface area (Å²) in [4.78, 5) is 37.1. The van der Waals surface area contributed by atoms with E-state index in [1.807, 2.05) is 5.32 Å². The van der Waals surface area contributed by atoms with Gasteiger partial charge in [0.05, 0.1) is 22.2 Å². The molecule has 0 aliphatic heterocycles. The lowest BCUT2D eigenvalue weighted by Crippen LogP contribution is -2.69. The smallest absolute Gasteiger partial charge is 0.442 e. The maximum absolute atomic E-state index is 13.6. The normalized spacial score (nSPS) is 13.7. The topological polar surface area (TPSA) is 123 Å². The van der Waals surface area contributed by atoms with Crippen LogP contribution >= 0.6 is 11.3 Å². The zero-order chi connectivity index (χ0) is 19.7. The molecular formula is C13H11F3N4O5S. The van der Waals surface area contributed by atoms with E-state index in [4.69, 9.17) is 0 Å². The molecule has 2 rings (SSSR count). The predicted molar refractivity (Wildman–Crippen MR) is 84.5 cm³/mol. The number of halogens is 3. The monoisotopic (exact) mass is 392 g/mol. The number of nitrogens with one attached hydrogen (secondary N) is 2. The van der Waals surface area contributed by atoms with Gasteiger partial charge in [-0.3, -0.25) is 14.9 Å². The number of aromatic nitrogens is 1. The Morgan fingerprint density at radius 3 is 2.50 bits per heavy atom. The highest BCUT2D eigenvalue weighted by Gasteiger charge is 2.63. The summed E-state index contributed by atoms with van der Waals surface area (Å²) in [6.07, 6.45) is -5.27. The number of nitro groups is 1. The maximum atomic E-state index is 13.6. The summed E-state index contributed by atoms with van der Waals surface area (Å²) in [6.45, 7) is 0.798. The Hall–Kier alpha value is -2.96. The first-order valence-electron chi connectivity index (χ1n) is 6.77. The minimum atomic E-state index is -5.27. The highest BCUT2D eigenvalue weighted by molar-refractivity contribution is 7.22. The number of hydrogen-bond donors (Lipinski definition) is 2. The van der Waals surface area contributed by atoms with Gasteiger partial charge in [-0.25, -0.2) is 9.78 Å². The maximum Gasteiger partial charge on any atom is 0.442 e. The lowest BCUT2D eigenvalue weighted by molar-refractivity contribution is -0.384. The summed E-state index contributed by atoms with van der Waals surface area (Å²) in [6, 6.07) is 3.52. The molecule has 1 aromatic carbocycles. The Bertz CT molecular complexity index is 884. The number of rotatable bonds is 5. The van der Waals surface area contributed by atoms with Crippen molar-refractivity contribution in [2.45, 2.75) is 18.8 Å². The molecule has 13 heteroatoms. The van der Waals surface area contributed by atoms with Crippen LogP contribution in [0.5, 0.6) is 0 Å². The van der Waals surface area contributed by atoms with Crippen LogP contribution in [0.3, 0.4) is 0 Å². The molecule has 1 heterocycles. The fourth-order valence-corrected chi connectivity index (χ4v) is 3.00. The highest BCUT2D eigenvalue weighted by atomic mass is 32.1. The first kappa shape index (κ1) is 19.4. The summed E-state index contributed by atoms with van der Waals surface area (Å²) < 4.78 is 45.2. The Kier molecular flexibility index (Phi) is 5.02. The summed E-state index contributed by atoms with van der Waals surface area (Å²) in [5.74, 6) is -2.94. The van der Waals surface area contributed by atoms with Gasteiger partial charge in [-0.2, -0.15) is 13.2 Å². The van der Waals surface area contributed by atoms with Crippen molar-refractivity contribution in [1.29, 1.82) is 0 Å². The van der Waals surface area contributed by atoms with Crippen LogP contribution in [-0.4, -0.2) is 40.7 Å². The molecule has 0 spiro atoms. The third-order valence-electron chi connectivity index (χ3n) is 3.16. The van der Waals surface area contributed by atoms with Crippen molar-refractivity contribution >= 4 is 44.2 Å². The fourth-order valence-electron chi connectivity index (χ4n) is 2.05. The summed E-state index contributed by atoms with van der Waals surface area (Å²) in [5.41, 5.74) is -3.66. The van der Waals surface area contributed by atoms with E-state index in [1.165, 1.54) is 11.4 Å². The van der Waals surface area contributed by atoms with Crippen molar-refractivity contribution in [3.63, 3.8) is 0 Å². The second-order valence-electron chi connectivity index (χ2n) is 4.97. The molecule has 0 saturated heterocycles. The number of esters is 1. The van der Waals surface area contributed by atoms with Crippen molar-refractivity contribution in [3.8, 4) is 0 Å². The molecule has 0 aliphatic rings. The van der Waals surface area contributed by atoms with E-state index in [0.29, 0.717) is 11.3 Å². The van der Waals surface area contributed by atoms with E-state index in [-0.39, 0.29) is 15.9 Å². The number of alkyl halides is 3. The Morgan fingerprint density at radius 2 is 2.00 bits per heavy atom. The van der Waals surface area contributed by atoms with Crippen LogP contribution in [0, 0.1) is 10.1 Å². The Balaban J connectivity index is 2.53. The molecule has 0 saturated carbocycles. The largest absolute Gasteiger partial charge is 0.466 e. The third kappa shape index (κ3) is 3.51. The van der Waals surface area contributed by atoms with E-state index in [0.717, 1.165) is 26.2 Å². The second kappa shape index (κ2) is 6.74. The summed E-state index contributed by atoms with van der Waals surface area (Å²) >= 11 is 0.641. The minimum Gasteiger partial charge on any atom is -0.466 e. The molecule has 1 aromatic heterocycles. The number of non-ortho nitro benzene ring substituents is 1. The van der Waals surface area contributed by atoms with Gasteiger partial charge in [0.1, 0.15) is 0 Å². The van der Waals surface area contributed by atoms with Gasteiger partial charge in [0.25, 0.3) is 5.69 Å². The van der Waals surface area contributed by atoms with Gasteiger partial charge in [0.15, 0.2) is 5.13 Å². The van der Waals surface area contributed by atoms with Gasteiger partial charge in [0.2, 0.25) is 5.91 Å². The third-order valence-corrected chi connectivity index (χ3v) is 4.09. The van der Waals surface area contributed by atoms with Crippen LogP contribution in [0.25, 0.3) is 10.2 Å². The predicted octanol–water partition coefficient (Wildman–Crippen LogP) is 2.18. The van der Waals surface area contributed by atoms with Crippen LogP contribution in [-0.2, 0) is 14.3 Å². The van der Waals surface area contributed by atoms with E-state index >= 15 is 0 Å². The molecule has 140 valence electrons. The fraction of sp³-hybridized carbons (Fsp3) is 0.308. The SMILES string of the molecule is COC(=O)[C@](NC(C)=O)(Nc1nc2ccc([N+](=O)[O-])cc2s1)C(F)(F)F. The van der Waals surface area contributed by atoms with Crippen molar-refractivity contribution in [2.75, 3.05) is 12.4 Å². The van der Waals surface area contributed by atoms with Gasteiger partial charge in [-0.05, 0) is 6.07 Å². The number of nitrogens with zero attached hydrogens (tertiary/aromatic N) is 2. The van der Waals surface area contributed by atoms with E-state index < -0.39 is 33.8 Å². The molecule has 0 unspecified atom stereocenters. The Labute approximate surface area is 147 Å². The number of benzene rings is 1. The highest BCUT2D eigenvalue weighted by Crippen LogP contribution is 2.36. The van der Waals surface area contributed by atoms with Gasteiger partial charge in [-0.15, -0.1) is 0 Å². The molecular weight excluding hydrogens is 381 g/mol. The van der Waals surface area contributed by atoms with E-state index in [2.05, 4.69) is 9.72 Å². The molecule has 1 atom stereocenters. The summed E-state index contributed by atoms with van der Waals surface area (Å²) in [5, 5.41) is 13.8. The van der Waals surface area contributed by atoms with Gasteiger partial charge < -0.3 is 15.4 Å². The number of ether oxygens (including phenoxy) is 1. The number of methoxy groups -OCH3 is 1. The molecule has 26 heavy (non-hydrogen) atoms. The molecule has 0 radical (unpaired) electrons. The molecule has 0 fully saturated rings. The van der Waals surface area contributed by atoms with Crippen molar-refractivity contribution in [3.05, 3.63) is 28.3 Å². The van der Waals surface area contributed by atoms with Crippen molar-refractivity contribution < 1.29 is 32.4 Å². The zero-order valence-electron chi connectivity index (χ0n) is 13.2. The average molecular weight is 392 g/mol. The quantitative estimate of drug-likeness (QED) is 0.346. The average Bonchev–Trinajstić information content (AvgIpc) is 2.92. The molecule has 0 aliphatic carbocycles. The van der Waals surface area contributed by atoms with Crippen molar-refractivity contribution in [1.82, 2.24) is 10.3 Å². The second-order valence-corrected chi connectivity index (χ2v) is 6.00.